The molecule has 3 rings (SSSR count). The molecule has 1 aromatic heterocycles. The molecule has 0 aliphatic carbocycles. The fourth-order valence-electron chi connectivity index (χ4n) is 3.67. The third kappa shape index (κ3) is 4.19. The van der Waals surface area contributed by atoms with E-state index in [1.807, 2.05) is 4.90 Å². The van der Waals surface area contributed by atoms with Gasteiger partial charge in [0, 0.05) is 32.0 Å². The molecule has 6 heteroatoms. The van der Waals surface area contributed by atoms with Crippen molar-refractivity contribution < 1.29 is 4.79 Å². The highest BCUT2D eigenvalue weighted by Crippen LogP contribution is 2.22. The van der Waals surface area contributed by atoms with Gasteiger partial charge >= 0.3 is 0 Å². The number of aromatic nitrogens is 2. The number of nitrogens with two attached hydrogens (primary N) is 1. The Kier molecular flexibility index (Phi) is 5.43. The highest BCUT2D eigenvalue weighted by atomic mass is 16.2. The van der Waals surface area contributed by atoms with Crippen molar-refractivity contribution in [1.29, 1.82) is 0 Å². The Hall–Kier alpha value is -1.69. The lowest BCUT2D eigenvalue weighted by atomic mass is 9.96. The average Bonchev–Trinajstić information content (AvgIpc) is 2.84. The predicted octanol–water partition coefficient (Wildman–Crippen LogP) is 1.79. The van der Waals surface area contributed by atoms with Crippen LogP contribution in [0, 0.1) is 5.92 Å². The van der Waals surface area contributed by atoms with Gasteiger partial charge in [0.05, 0.1) is 0 Å². The van der Waals surface area contributed by atoms with Crippen LogP contribution in [0.2, 0.25) is 0 Å². The third-order valence-electron chi connectivity index (χ3n) is 5.05. The van der Waals surface area contributed by atoms with Gasteiger partial charge in [-0.3, -0.25) is 4.79 Å². The van der Waals surface area contributed by atoms with Gasteiger partial charge < -0.3 is 15.5 Å². The summed E-state index contributed by atoms with van der Waals surface area (Å²) >= 11 is 0. The van der Waals surface area contributed by atoms with Crippen LogP contribution >= 0.6 is 0 Å². The molecule has 0 saturated carbocycles. The van der Waals surface area contributed by atoms with Crippen molar-refractivity contribution in [2.24, 2.45) is 5.92 Å². The van der Waals surface area contributed by atoms with Crippen LogP contribution in [-0.4, -0.2) is 58.4 Å². The maximum Gasteiger partial charge on any atom is 0.276 e. The first-order valence-electron chi connectivity index (χ1n) is 8.82. The van der Waals surface area contributed by atoms with E-state index in [0.717, 1.165) is 25.9 Å². The highest BCUT2D eigenvalue weighted by molar-refractivity contribution is 5.96. The lowest BCUT2D eigenvalue weighted by Crippen LogP contribution is -2.42. The maximum atomic E-state index is 12.5. The van der Waals surface area contributed by atoms with Crippen molar-refractivity contribution in [3.63, 3.8) is 0 Å². The average molecular weight is 317 g/mol. The Bertz CT molecular complexity index is 519. The van der Waals surface area contributed by atoms with Crippen LogP contribution in [-0.2, 0) is 0 Å². The maximum absolute atomic E-state index is 12.5. The molecule has 2 N–H and O–H groups in total. The second kappa shape index (κ2) is 7.73. The Morgan fingerprint density at radius 1 is 1.04 bits per heavy atom. The Morgan fingerprint density at radius 3 is 2.35 bits per heavy atom. The second-order valence-electron chi connectivity index (χ2n) is 6.74. The molecule has 0 aromatic carbocycles. The summed E-state index contributed by atoms with van der Waals surface area (Å²) in [6.07, 6.45) is 10.6. The van der Waals surface area contributed by atoms with Gasteiger partial charge in [0.25, 0.3) is 5.91 Å². The summed E-state index contributed by atoms with van der Waals surface area (Å²) in [5, 5.41) is 0. The summed E-state index contributed by atoms with van der Waals surface area (Å²) in [6, 6.07) is 0. The number of piperidine rings is 1. The zero-order valence-corrected chi connectivity index (χ0v) is 13.8. The summed E-state index contributed by atoms with van der Waals surface area (Å²) in [5.41, 5.74) is 6.06. The monoisotopic (exact) mass is 317 g/mol. The number of nitrogen functional groups attached to an aromatic ring is 1. The van der Waals surface area contributed by atoms with Crippen molar-refractivity contribution >= 4 is 11.7 Å². The highest BCUT2D eigenvalue weighted by Gasteiger charge is 2.27. The van der Waals surface area contributed by atoms with Crippen LogP contribution < -0.4 is 5.73 Å². The summed E-state index contributed by atoms with van der Waals surface area (Å²) in [5.74, 6) is 0.851. The zero-order chi connectivity index (χ0) is 16.1. The number of amides is 1. The summed E-state index contributed by atoms with van der Waals surface area (Å²) in [7, 11) is 0. The SMILES string of the molecule is Nc1nccnc1C(=O)N1CCC(CN2CCCCCC2)CC1. The number of anilines is 1. The van der Waals surface area contributed by atoms with E-state index in [2.05, 4.69) is 14.9 Å². The van der Waals surface area contributed by atoms with Gasteiger partial charge in [-0.15, -0.1) is 0 Å². The molecule has 126 valence electrons. The number of hydrogen-bond acceptors (Lipinski definition) is 5. The van der Waals surface area contributed by atoms with Crippen LogP contribution in [0.15, 0.2) is 12.4 Å². The van der Waals surface area contributed by atoms with Gasteiger partial charge in [-0.1, -0.05) is 12.8 Å². The fourth-order valence-corrected chi connectivity index (χ4v) is 3.67. The van der Waals surface area contributed by atoms with Crippen molar-refractivity contribution in [3.05, 3.63) is 18.1 Å². The van der Waals surface area contributed by atoms with E-state index in [1.54, 1.807) is 0 Å². The Morgan fingerprint density at radius 2 is 1.70 bits per heavy atom. The minimum atomic E-state index is -0.0798. The number of hydrogen-bond donors (Lipinski definition) is 1. The van der Waals surface area contributed by atoms with Gasteiger partial charge in [-0.2, -0.15) is 0 Å². The molecule has 6 nitrogen and oxygen atoms in total. The molecule has 2 aliphatic heterocycles. The zero-order valence-electron chi connectivity index (χ0n) is 13.8. The molecule has 3 heterocycles. The van der Waals surface area contributed by atoms with Gasteiger partial charge in [0.1, 0.15) is 0 Å². The molecule has 1 amide bonds. The largest absolute Gasteiger partial charge is 0.382 e. The van der Waals surface area contributed by atoms with E-state index < -0.39 is 0 Å². The van der Waals surface area contributed by atoms with Crippen LogP contribution in [0.5, 0.6) is 0 Å². The lowest BCUT2D eigenvalue weighted by Gasteiger charge is -2.34. The van der Waals surface area contributed by atoms with Crippen molar-refractivity contribution in [2.45, 2.75) is 38.5 Å². The smallest absolute Gasteiger partial charge is 0.276 e. The minimum Gasteiger partial charge on any atom is -0.382 e. The van der Waals surface area contributed by atoms with E-state index in [1.165, 1.54) is 57.7 Å². The van der Waals surface area contributed by atoms with Crippen LogP contribution in [0.25, 0.3) is 0 Å². The van der Waals surface area contributed by atoms with E-state index in [0.29, 0.717) is 11.6 Å². The molecule has 0 atom stereocenters. The minimum absolute atomic E-state index is 0.0798. The number of likely N-dealkylation sites (tertiary alicyclic amines) is 2. The van der Waals surface area contributed by atoms with E-state index in [-0.39, 0.29) is 11.7 Å². The van der Waals surface area contributed by atoms with Gasteiger partial charge in [0.2, 0.25) is 0 Å². The van der Waals surface area contributed by atoms with E-state index >= 15 is 0 Å². The molecule has 2 aliphatic rings. The first kappa shape index (κ1) is 16.2. The molecule has 0 spiro atoms. The second-order valence-corrected chi connectivity index (χ2v) is 6.74. The molecule has 0 radical (unpaired) electrons. The van der Waals surface area contributed by atoms with E-state index in [9.17, 15) is 4.79 Å². The van der Waals surface area contributed by atoms with E-state index in [4.69, 9.17) is 5.73 Å². The quantitative estimate of drug-likeness (QED) is 0.920. The van der Waals surface area contributed by atoms with Crippen LogP contribution in [0.3, 0.4) is 0 Å². The summed E-state index contributed by atoms with van der Waals surface area (Å²) in [6.45, 7) is 5.28. The normalized spacial score (nSPS) is 21.1. The predicted molar refractivity (Wildman–Crippen MR) is 90.0 cm³/mol. The molecular weight excluding hydrogens is 290 g/mol. The molecule has 1 aromatic rings. The van der Waals surface area contributed by atoms with Gasteiger partial charge in [-0.05, 0) is 44.7 Å². The van der Waals surface area contributed by atoms with Gasteiger partial charge in [0.15, 0.2) is 11.5 Å². The molecule has 23 heavy (non-hydrogen) atoms. The van der Waals surface area contributed by atoms with Crippen LogP contribution in [0.1, 0.15) is 49.0 Å². The fraction of sp³-hybridized carbons (Fsp3) is 0.706. The number of carbonyl (C=O) groups is 1. The Labute approximate surface area is 138 Å². The van der Waals surface area contributed by atoms with Gasteiger partial charge in [-0.25, -0.2) is 9.97 Å². The summed E-state index contributed by atoms with van der Waals surface area (Å²) < 4.78 is 0. The van der Waals surface area contributed by atoms with Crippen molar-refractivity contribution in [1.82, 2.24) is 19.8 Å². The first-order valence-corrected chi connectivity index (χ1v) is 8.82. The molecule has 2 saturated heterocycles. The van der Waals surface area contributed by atoms with Crippen molar-refractivity contribution in [2.75, 3.05) is 38.5 Å². The molecule has 0 bridgehead atoms. The number of carbonyl (C=O) groups excluding carboxylic acids is 1. The number of nitrogens with zero attached hydrogens (tertiary/aromatic N) is 4. The molecule has 0 unspecified atom stereocenters. The lowest BCUT2D eigenvalue weighted by molar-refractivity contribution is 0.0663. The molecular formula is C17H27N5O. The Balaban J connectivity index is 1.50. The topological polar surface area (TPSA) is 75.3 Å². The summed E-state index contributed by atoms with van der Waals surface area (Å²) in [4.78, 5) is 25.0. The molecule has 2 fully saturated rings. The standard InChI is InChI=1S/C17H27N5O/c18-16-15(19-7-8-20-16)17(23)22-11-5-14(6-12-22)13-21-9-3-1-2-4-10-21/h7-8,14H,1-6,9-13H2,(H2,18,20). The number of rotatable bonds is 3. The van der Waals surface area contributed by atoms with Crippen molar-refractivity contribution in [3.8, 4) is 0 Å². The first-order chi connectivity index (χ1) is 11.2. The van der Waals surface area contributed by atoms with Crippen LogP contribution in [0.4, 0.5) is 5.82 Å². The third-order valence-corrected chi connectivity index (χ3v) is 5.05.